The molecule has 2 rings (SSSR count). The molecule has 0 radical (unpaired) electrons. The summed E-state index contributed by atoms with van der Waals surface area (Å²) in [6.07, 6.45) is 5.28. The average Bonchev–Trinajstić information content (AvgIpc) is 2.29. The van der Waals surface area contributed by atoms with E-state index in [1.165, 1.54) is 6.42 Å². The first kappa shape index (κ1) is 11.7. The minimum absolute atomic E-state index is 0.544. The van der Waals surface area contributed by atoms with E-state index in [0.29, 0.717) is 11.6 Å². The molecule has 1 aliphatic rings. The highest BCUT2D eigenvalue weighted by Crippen LogP contribution is 2.29. The van der Waals surface area contributed by atoms with E-state index < -0.39 is 5.60 Å². The molecule has 0 amide bonds. The van der Waals surface area contributed by atoms with Crippen molar-refractivity contribution in [2.75, 3.05) is 11.9 Å². The maximum Gasteiger partial charge on any atom is 0.0819 e. The number of benzene rings is 1. The second kappa shape index (κ2) is 5.07. The van der Waals surface area contributed by atoms with Crippen LogP contribution < -0.4 is 5.32 Å². The van der Waals surface area contributed by atoms with Crippen LogP contribution in [0.1, 0.15) is 32.1 Å². The van der Waals surface area contributed by atoms with Crippen LogP contribution in [0.4, 0.5) is 5.69 Å². The maximum absolute atomic E-state index is 10.3. The second-order valence-corrected chi connectivity index (χ2v) is 5.03. The number of hydrogen-bond acceptors (Lipinski definition) is 2. The number of aliphatic hydroxyl groups is 1. The van der Waals surface area contributed by atoms with E-state index in [9.17, 15) is 5.11 Å². The summed E-state index contributed by atoms with van der Waals surface area (Å²) >= 11 is 6.04. The number of nitrogens with one attached hydrogen (secondary N) is 1. The first-order valence-electron chi connectivity index (χ1n) is 5.90. The van der Waals surface area contributed by atoms with Crippen LogP contribution in [0.5, 0.6) is 0 Å². The van der Waals surface area contributed by atoms with E-state index in [4.69, 9.17) is 11.6 Å². The molecule has 0 bridgehead atoms. The molecule has 0 aliphatic heterocycles. The lowest BCUT2D eigenvalue weighted by Gasteiger charge is -2.32. The van der Waals surface area contributed by atoms with Crippen molar-refractivity contribution in [2.45, 2.75) is 37.7 Å². The summed E-state index contributed by atoms with van der Waals surface area (Å²) in [5, 5.41) is 14.3. The Balaban J connectivity index is 1.94. The minimum Gasteiger partial charge on any atom is -0.388 e. The van der Waals surface area contributed by atoms with E-state index in [1.54, 1.807) is 0 Å². The summed E-state index contributed by atoms with van der Waals surface area (Å²) < 4.78 is 0. The van der Waals surface area contributed by atoms with Crippen molar-refractivity contribution in [3.63, 3.8) is 0 Å². The number of anilines is 1. The molecule has 2 nitrogen and oxygen atoms in total. The first-order chi connectivity index (χ1) is 7.70. The molecule has 0 unspecified atom stereocenters. The van der Waals surface area contributed by atoms with Crippen molar-refractivity contribution in [1.29, 1.82) is 0 Å². The highest BCUT2D eigenvalue weighted by Gasteiger charge is 2.28. The van der Waals surface area contributed by atoms with Gasteiger partial charge in [-0.25, -0.2) is 0 Å². The Kier molecular flexibility index (Phi) is 3.72. The molecule has 0 aromatic heterocycles. The standard InChI is InChI=1S/C13H18ClNO/c14-11-6-2-3-7-12(11)15-10-13(16)8-4-1-5-9-13/h2-3,6-7,15-16H,1,4-5,8-10H2. The van der Waals surface area contributed by atoms with Gasteiger partial charge in [0.2, 0.25) is 0 Å². The summed E-state index contributed by atoms with van der Waals surface area (Å²) in [5.74, 6) is 0. The molecule has 1 fully saturated rings. The summed E-state index contributed by atoms with van der Waals surface area (Å²) in [5.41, 5.74) is 0.361. The van der Waals surface area contributed by atoms with Crippen molar-refractivity contribution in [2.24, 2.45) is 0 Å². The third-order valence-electron chi connectivity index (χ3n) is 3.27. The van der Waals surface area contributed by atoms with Gasteiger partial charge >= 0.3 is 0 Å². The highest BCUT2D eigenvalue weighted by molar-refractivity contribution is 6.33. The predicted octanol–water partition coefficient (Wildman–Crippen LogP) is 3.45. The van der Waals surface area contributed by atoms with E-state index in [-0.39, 0.29) is 0 Å². The van der Waals surface area contributed by atoms with Crippen molar-refractivity contribution in [1.82, 2.24) is 0 Å². The van der Waals surface area contributed by atoms with Crippen LogP contribution in [0.2, 0.25) is 5.02 Å². The monoisotopic (exact) mass is 239 g/mol. The Bertz CT molecular complexity index is 348. The van der Waals surface area contributed by atoms with Crippen molar-refractivity contribution in [3.05, 3.63) is 29.3 Å². The predicted molar refractivity (Wildman–Crippen MR) is 68.0 cm³/mol. The molecular formula is C13H18ClNO. The second-order valence-electron chi connectivity index (χ2n) is 4.62. The van der Waals surface area contributed by atoms with Crippen LogP contribution in [0.25, 0.3) is 0 Å². The number of rotatable bonds is 3. The molecule has 1 aromatic carbocycles. The van der Waals surface area contributed by atoms with Gasteiger partial charge in [-0.05, 0) is 25.0 Å². The van der Waals surface area contributed by atoms with Crippen molar-refractivity contribution >= 4 is 17.3 Å². The fraction of sp³-hybridized carbons (Fsp3) is 0.538. The van der Waals surface area contributed by atoms with Crippen molar-refractivity contribution in [3.8, 4) is 0 Å². The molecule has 88 valence electrons. The molecule has 1 aromatic rings. The topological polar surface area (TPSA) is 32.3 Å². The van der Waals surface area contributed by atoms with Gasteiger partial charge in [0.1, 0.15) is 0 Å². The first-order valence-corrected chi connectivity index (χ1v) is 6.28. The number of para-hydroxylation sites is 1. The quantitative estimate of drug-likeness (QED) is 0.847. The normalized spacial score (nSPS) is 19.4. The third-order valence-corrected chi connectivity index (χ3v) is 3.60. The minimum atomic E-state index is -0.544. The fourth-order valence-electron chi connectivity index (χ4n) is 2.25. The van der Waals surface area contributed by atoms with E-state index in [1.807, 2.05) is 24.3 Å². The van der Waals surface area contributed by atoms with Gasteiger partial charge in [-0.2, -0.15) is 0 Å². The van der Waals surface area contributed by atoms with Gasteiger partial charge in [-0.3, -0.25) is 0 Å². The van der Waals surface area contributed by atoms with Crippen LogP contribution in [-0.2, 0) is 0 Å². The molecular weight excluding hydrogens is 222 g/mol. The van der Waals surface area contributed by atoms with Gasteiger partial charge in [-0.1, -0.05) is 43.0 Å². The van der Waals surface area contributed by atoms with Gasteiger partial charge in [0, 0.05) is 6.54 Å². The summed E-state index contributed by atoms with van der Waals surface area (Å²) in [6, 6.07) is 7.64. The number of halogens is 1. The molecule has 0 spiro atoms. The summed E-state index contributed by atoms with van der Waals surface area (Å²) in [4.78, 5) is 0. The SMILES string of the molecule is OC1(CNc2ccccc2Cl)CCCCC1. The zero-order chi connectivity index (χ0) is 11.4. The largest absolute Gasteiger partial charge is 0.388 e. The molecule has 1 saturated carbocycles. The van der Waals surface area contributed by atoms with Gasteiger partial charge in [0.05, 0.1) is 16.3 Å². The molecule has 16 heavy (non-hydrogen) atoms. The molecule has 2 N–H and O–H groups in total. The van der Waals surface area contributed by atoms with E-state index >= 15 is 0 Å². The average molecular weight is 240 g/mol. The summed E-state index contributed by atoms with van der Waals surface area (Å²) in [6.45, 7) is 0.594. The lowest BCUT2D eigenvalue weighted by molar-refractivity contribution is 0.0167. The summed E-state index contributed by atoms with van der Waals surface area (Å²) in [7, 11) is 0. The van der Waals surface area contributed by atoms with Crippen LogP contribution in [0.3, 0.4) is 0 Å². The maximum atomic E-state index is 10.3. The van der Waals surface area contributed by atoms with Crippen LogP contribution in [0.15, 0.2) is 24.3 Å². The molecule has 0 atom stereocenters. The smallest absolute Gasteiger partial charge is 0.0819 e. The van der Waals surface area contributed by atoms with E-state index in [0.717, 1.165) is 31.4 Å². The highest BCUT2D eigenvalue weighted by atomic mass is 35.5. The van der Waals surface area contributed by atoms with Crippen LogP contribution >= 0.6 is 11.6 Å². The Morgan fingerprint density at radius 3 is 2.56 bits per heavy atom. The Labute approximate surface area is 102 Å². The lowest BCUT2D eigenvalue weighted by Crippen LogP contribution is -2.38. The van der Waals surface area contributed by atoms with Crippen LogP contribution in [-0.4, -0.2) is 17.3 Å². The molecule has 3 heteroatoms. The van der Waals surface area contributed by atoms with Crippen molar-refractivity contribution < 1.29 is 5.11 Å². The molecule has 0 saturated heterocycles. The van der Waals surface area contributed by atoms with Gasteiger partial charge in [0.15, 0.2) is 0 Å². The Hall–Kier alpha value is -0.730. The lowest BCUT2D eigenvalue weighted by atomic mass is 9.85. The zero-order valence-electron chi connectivity index (χ0n) is 9.38. The Morgan fingerprint density at radius 2 is 1.88 bits per heavy atom. The third kappa shape index (κ3) is 2.89. The van der Waals surface area contributed by atoms with Gasteiger partial charge < -0.3 is 10.4 Å². The molecule has 1 aliphatic carbocycles. The van der Waals surface area contributed by atoms with Gasteiger partial charge in [0.25, 0.3) is 0 Å². The fourth-order valence-corrected chi connectivity index (χ4v) is 2.45. The van der Waals surface area contributed by atoms with Gasteiger partial charge in [-0.15, -0.1) is 0 Å². The molecule has 0 heterocycles. The number of hydrogen-bond donors (Lipinski definition) is 2. The zero-order valence-corrected chi connectivity index (χ0v) is 10.1. The van der Waals surface area contributed by atoms with E-state index in [2.05, 4.69) is 5.32 Å². The van der Waals surface area contributed by atoms with Crippen LogP contribution in [0, 0.1) is 0 Å². The Morgan fingerprint density at radius 1 is 1.19 bits per heavy atom.